The lowest BCUT2D eigenvalue weighted by Crippen LogP contribution is -2.35. The second-order valence-electron chi connectivity index (χ2n) is 4.49. The first kappa shape index (κ1) is 14.4. The van der Waals surface area contributed by atoms with Gasteiger partial charge < -0.3 is 15.3 Å². The van der Waals surface area contributed by atoms with Gasteiger partial charge in [0.25, 0.3) is 0 Å². The first-order valence-electron chi connectivity index (χ1n) is 6.03. The number of rotatable bonds is 5. The van der Waals surface area contributed by atoms with Gasteiger partial charge in [-0.2, -0.15) is 0 Å². The molecule has 0 radical (unpaired) electrons. The van der Waals surface area contributed by atoms with E-state index >= 15 is 0 Å². The van der Waals surface area contributed by atoms with Crippen molar-refractivity contribution >= 4 is 11.7 Å². The molecule has 1 unspecified atom stereocenters. The van der Waals surface area contributed by atoms with E-state index < -0.39 is 6.10 Å². The van der Waals surface area contributed by atoms with Crippen molar-refractivity contribution in [1.29, 1.82) is 0 Å². The molecule has 1 rings (SSSR count). The number of amides is 1. The SMILES string of the molecule is CNC(=O)C(C)CN(C)c1ncccc1[C@@H](C)O. The van der Waals surface area contributed by atoms with Crippen LogP contribution in [0.2, 0.25) is 0 Å². The molecule has 0 spiro atoms. The van der Waals surface area contributed by atoms with Gasteiger partial charge in [0.15, 0.2) is 0 Å². The van der Waals surface area contributed by atoms with Crippen molar-refractivity contribution in [2.45, 2.75) is 20.0 Å². The maximum Gasteiger partial charge on any atom is 0.224 e. The third-order valence-corrected chi connectivity index (χ3v) is 2.87. The van der Waals surface area contributed by atoms with Gasteiger partial charge in [-0.3, -0.25) is 4.79 Å². The predicted octanol–water partition coefficient (Wildman–Crippen LogP) is 0.953. The fourth-order valence-electron chi connectivity index (χ4n) is 1.88. The zero-order valence-electron chi connectivity index (χ0n) is 11.3. The summed E-state index contributed by atoms with van der Waals surface area (Å²) in [6.45, 7) is 4.12. The van der Waals surface area contributed by atoms with E-state index in [9.17, 15) is 9.90 Å². The molecule has 5 nitrogen and oxygen atoms in total. The number of aromatic nitrogens is 1. The third-order valence-electron chi connectivity index (χ3n) is 2.87. The fourth-order valence-corrected chi connectivity index (χ4v) is 1.88. The maximum absolute atomic E-state index is 11.5. The summed E-state index contributed by atoms with van der Waals surface area (Å²) in [4.78, 5) is 17.7. The molecule has 2 atom stereocenters. The van der Waals surface area contributed by atoms with Gasteiger partial charge in [0.1, 0.15) is 5.82 Å². The molecule has 0 aliphatic carbocycles. The molecule has 0 fully saturated rings. The number of nitrogens with zero attached hydrogens (tertiary/aromatic N) is 2. The molecule has 2 N–H and O–H groups in total. The summed E-state index contributed by atoms with van der Waals surface area (Å²) in [5, 5.41) is 12.3. The number of nitrogens with one attached hydrogen (secondary N) is 1. The van der Waals surface area contributed by atoms with E-state index in [1.807, 2.05) is 24.9 Å². The van der Waals surface area contributed by atoms with Crippen LogP contribution in [0.4, 0.5) is 5.82 Å². The Morgan fingerprint density at radius 1 is 1.56 bits per heavy atom. The summed E-state index contributed by atoms with van der Waals surface area (Å²) in [5.74, 6) is 0.573. The van der Waals surface area contributed by atoms with E-state index in [0.29, 0.717) is 12.4 Å². The van der Waals surface area contributed by atoms with Gasteiger partial charge in [-0.05, 0) is 13.0 Å². The van der Waals surface area contributed by atoms with Crippen LogP contribution in [0.25, 0.3) is 0 Å². The van der Waals surface area contributed by atoms with Gasteiger partial charge in [-0.15, -0.1) is 0 Å². The molecule has 0 aliphatic heterocycles. The minimum absolute atomic E-state index is 0.00335. The van der Waals surface area contributed by atoms with Crippen LogP contribution in [-0.2, 0) is 4.79 Å². The zero-order valence-corrected chi connectivity index (χ0v) is 11.3. The van der Waals surface area contributed by atoms with E-state index in [2.05, 4.69) is 10.3 Å². The predicted molar refractivity (Wildman–Crippen MR) is 71.4 cm³/mol. The molecule has 5 heteroatoms. The van der Waals surface area contributed by atoms with Gasteiger partial charge in [0.2, 0.25) is 5.91 Å². The van der Waals surface area contributed by atoms with Crippen molar-refractivity contribution in [3.8, 4) is 0 Å². The van der Waals surface area contributed by atoms with Gasteiger partial charge >= 0.3 is 0 Å². The van der Waals surface area contributed by atoms with Gasteiger partial charge in [0, 0.05) is 32.4 Å². The van der Waals surface area contributed by atoms with Crippen molar-refractivity contribution in [3.05, 3.63) is 23.9 Å². The van der Waals surface area contributed by atoms with Gasteiger partial charge in [-0.25, -0.2) is 4.98 Å². The summed E-state index contributed by atoms with van der Waals surface area (Å²) in [6.07, 6.45) is 1.11. The lowest BCUT2D eigenvalue weighted by molar-refractivity contribution is -0.123. The molecule has 0 aromatic carbocycles. The second-order valence-corrected chi connectivity index (χ2v) is 4.49. The summed E-state index contributed by atoms with van der Waals surface area (Å²) < 4.78 is 0. The van der Waals surface area contributed by atoms with Crippen LogP contribution >= 0.6 is 0 Å². The first-order chi connectivity index (χ1) is 8.47. The molecular weight excluding hydrogens is 230 g/mol. The van der Waals surface area contributed by atoms with Crippen molar-refractivity contribution in [2.75, 3.05) is 25.5 Å². The number of pyridine rings is 1. The zero-order chi connectivity index (χ0) is 13.7. The van der Waals surface area contributed by atoms with E-state index in [4.69, 9.17) is 0 Å². The van der Waals surface area contributed by atoms with Crippen LogP contribution in [0.1, 0.15) is 25.5 Å². The van der Waals surface area contributed by atoms with Crippen LogP contribution in [0, 0.1) is 5.92 Å². The lowest BCUT2D eigenvalue weighted by atomic mass is 10.1. The van der Waals surface area contributed by atoms with Crippen LogP contribution < -0.4 is 10.2 Å². The number of carbonyl (C=O) groups is 1. The highest BCUT2D eigenvalue weighted by atomic mass is 16.3. The molecule has 0 aliphatic rings. The van der Waals surface area contributed by atoms with Crippen LogP contribution in [0.3, 0.4) is 0 Å². The Kier molecular flexibility index (Phi) is 5.09. The Bertz CT molecular complexity index is 407. The van der Waals surface area contributed by atoms with E-state index in [1.54, 1.807) is 26.2 Å². The van der Waals surface area contributed by atoms with Crippen molar-refractivity contribution in [3.63, 3.8) is 0 Å². The third kappa shape index (κ3) is 3.43. The fraction of sp³-hybridized carbons (Fsp3) is 0.538. The normalized spacial score (nSPS) is 13.8. The second kappa shape index (κ2) is 6.35. The monoisotopic (exact) mass is 251 g/mol. The molecule has 18 heavy (non-hydrogen) atoms. The number of carbonyl (C=O) groups excluding carboxylic acids is 1. The lowest BCUT2D eigenvalue weighted by Gasteiger charge is -2.24. The molecule has 1 heterocycles. The number of hydrogen-bond acceptors (Lipinski definition) is 4. The summed E-state index contributed by atoms with van der Waals surface area (Å²) in [6, 6.07) is 3.63. The van der Waals surface area contributed by atoms with Crippen LogP contribution in [0.15, 0.2) is 18.3 Å². The van der Waals surface area contributed by atoms with Gasteiger partial charge in [-0.1, -0.05) is 13.0 Å². The topological polar surface area (TPSA) is 65.5 Å². The smallest absolute Gasteiger partial charge is 0.224 e. The molecule has 1 aromatic heterocycles. The molecule has 0 bridgehead atoms. The van der Waals surface area contributed by atoms with E-state index in [0.717, 1.165) is 5.56 Å². The number of aliphatic hydroxyl groups excluding tert-OH is 1. The summed E-state index contributed by atoms with van der Waals surface area (Å²) in [5.41, 5.74) is 0.768. The Morgan fingerprint density at radius 3 is 2.78 bits per heavy atom. The minimum atomic E-state index is -0.577. The Balaban J connectivity index is 2.84. The van der Waals surface area contributed by atoms with Crippen LogP contribution in [0.5, 0.6) is 0 Å². The Morgan fingerprint density at radius 2 is 2.22 bits per heavy atom. The van der Waals surface area contributed by atoms with E-state index in [1.165, 1.54) is 0 Å². The highest BCUT2D eigenvalue weighted by molar-refractivity contribution is 5.78. The number of aliphatic hydroxyl groups is 1. The molecule has 0 saturated heterocycles. The number of hydrogen-bond donors (Lipinski definition) is 2. The molecule has 1 amide bonds. The highest BCUT2D eigenvalue weighted by Crippen LogP contribution is 2.23. The highest BCUT2D eigenvalue weighted by Gasteiger charge is 2.17. The maximum atomic E-state index is 11.5. The average Bonchev–Trinajstić information content (AvgIpc) is 2.37. The van der Waals surface area contributed by atoms with Crippen molar-refractivity contribution in [2.24, 2.45) is 5.92 Å². The average molecular weight is 251 g/mol. The molecule has 0 saturated carbocycles. The van der Waals surface area contributed by atoms with Gasteiger partial charge in [0.05, 0.1) is 12.0 Å². The van der Waals surface area contributed by atoms with Crippen LogP contribution in [-0.4, -0.2) is 36.6 Å². The Hall–Kier alpha value is -1.62. The van der Waals surface area contributed by atoms with Crippen molar-refractivity contribution < 1.29 is 9.90 Å². The molecule has 100 valence electrons. The number of anilines is 1. The largest absolute Gasteiger partial charge is 0.389 e. The van der Waals surface area contributed by atoms with Crippen molar-refractivity contribution in [1.82, 2.24) is 10.3 Å². The minimum Gasteiger partial charge on any atom is -0.389 e. The standard InChI is InChI=1S/C13H21N3O2/c1-9(13(18)14-3)8-16(4)12-11(10(2)17)6-5-7-15-12/h5-7,9-10,17H,8H2,1-4H3,(H,14,18)/t9?,10-/m1/s1. The summed E-state index contributed by atoms with van der Waals surface area (Å²) >= 11 is 0. The quantitative estimate of drug-likeness (QED) is 0.818. The molecular formula is C13H21N3O2. The van der Waals surface area contributed by atoms with E-state index in [-0.39, 0.29) is 11.8 Å². The molecule has 1 aromatic rings. The first-order valence-corrected chi connectivity index (χ1v) is 6.03. The Labute approximate surface area is 108 Å². The summed E-state index contributed by atoms with van der Waals surface area (Å²) in [7, 11) is 3.49.